The molecule has 1 heterocycles. The van der Waals surface area contributed by atoms with Crippen molar-refractivity contribution in [1.29, 1.82) is 0 Å². The number of thiocarbonyl (C=S) groups is 1. The van der Waals surface area contributed by atoms with E-state index in [0.29, 0.717) is 6.61 Å². The molecule has 1 unspecified atom stereocenters. The molecule has 1 N–H and O–H groups in total. The molecule has 0 spiro atoms. The maximum absolute atomic E-state index is 5.29. The van der Waals surface area contributed by atoms with Crippen molar-refractivity contribution in [2.24, 2.45) is 5.92 Å². The van der Waals surface area contributed by atoms with Crippen LogP contribution in [0.5, 0.6) is 0 Å². The fourth-order valence-corrected chi connectivity index (χ4v) is 1.99. The first-order valence-corrected chi connectivity index (χ1v) is 5.70. The molecule has 0 amide bonds. The Bertz CT molecular complexity index is 187. The molecule has 0 aromatic carbocycles. The number of nitrogens with zero attached hydrogens (tertiary/aromatic N) is 1. The Morgan fingerprint density at radius 1 is 1.64 bits per heavy atom. The molecular weight excluding hydrogens is 196 g/mol. The van der Waals surface area contributed by atoms with Crippen LogP contribution in [0.3, 0.4) is 0 Å². The number of nitrogens with one attached hydrogen (secondary N) is 1. The zero-order valence-corrected chi connectivity index (χ0v) is 9.90. The maximum atomic E-state index is 5.29. The minimum atomic E-state index is 0.713. The van der Waals surface area contributed by atoms with Crippen molar-refractivity contribution in [2.75, 3.05) is 33.4 Å². The molecule has 14 heavy (non-hydrogen) atoms. The van der Waals surface area contributed by atoms with Crippen molar-refractivity contribution in [2.45, 2.75) is 19.8 Å². The van der Waals surface area contributed by atoms with Crippen LogP contribution < -0.4 is 5.32 Å². The highest BCUT2D eigenvalue weighted by Crippen LogP contribution is 2.18. The van der Waals surface area contributed by atoms with Gasteiger partial charge in [0.1, 0.15) is 0 Å². The molecule has 1 aliphatic rings. The van der Waals surface area contributed by atoms with Crippen LogP contribution in [0.2, 0.25) is 0 Å². The lowest BCUT2D eigenvalue weighted by molar-refractivity contribution is 0.203. The summed E-state index contributed by atoms with van der Waals surface area (Å²) in [6.45, 7) is 6.00. The fraction of sp³-hybridized carbons (Fsp3) is 0.900. The van der Waals surface area contributed by atoms with Crippen molar-refractivity contribution in [3.05, 3.63) is 0 Å². The zero-order chi connectivity index (χ0) is 10.4. The highest BCUT2D eigenvalue weighted by atomic mass is 32.1. The second-order valence-corrected chi connectivity index (χ2v) is 4.12. The average Bonchev–Trinajstić information content (AvgIpc) is 2.66. The van der Waals surface area contributed by atoms with Crippen LogP contribution in [0.25, 0.3) is 0 Å². The highest BCUT2D eigenvalue weighted by molar-refractivity contribution is 7.80. The second kappa shape index (κ2) is 6.19. The van der Waals surface area contributed by atoms with E-state index in [1.54, 1.807) is 7.11 Å². The molecule has 1 fully saturated rings. The SMILES string of the molecule is CCC1CCN(C(=S)NCCOC)C1. The van der Waals surface area contributed by atoms with Gasteiger partial charge >= 0.3 is 0 Å². The lowest BCUT2D eigenvalue weighted by Crippen LogP contribution is -2.39. The van der Waals surface area contributed by atoms with Crippen LogP contribution in [0.15, 0.2) is 0 Å². The minimum Gasteiger partial charge on any atom is -0.383 e. The molecule has 1 saturated heterocycles. The number of rotatable bonds is 4. The van der Waals surface area contributed by atoms with E-state index in [2.05, 4.69) is 17.1 Å². The van der Waals surface area contributed by atoms with Gasteiger partial charge in [-0.05, 0) is 24.6 Å². The van der Waals surface area contributed by atoms with Gasteiger partial charge in [0, 0.05) is 26.7 Å². The van der Waals surface area contributed by atoms with Crippen molar-refractivity contribution >= 4 is 17.3 Å². The topological polar surface area (TPSA) is 24.5 Å². The summed E-state index contributed by atoms with van der Waals surface area (Å²) in [4.78, 5) is 2.26. The Kier molecular flexibility index (Phi) is 5.19. The number of hydrogen-bond donors (Lipinski definition) is 1. The van der Waals surface area contributed by atoms with Gasteiger partial charge in [0.25, 0.3) is 0 Å². The normalized spacial score (nSPS) is 21.3. The third-order valence-electron chi connectivity index (χ3n) is 2.73. The molecule has 0 aromatic rings. The molecule has 0 bridgehead atoms. The molecular formula is C10H20N2OS. The Labute approximate surface area is 91.8 Å². The summed E-state index contributed by atoms with van der Waals surface area (Å²) in [6.07, 6.45) is 2.54. The van der Waals surface area contributed by atoms with Gasteiger partial charge in [-0.1, -0.05) is 13.3 Å². The monoisotopic (exact) mass is 216 g/mol. The van der Waals surface area contributed by atoms with Gasteiger partial charge in [-0.25, -0.2) is 0 Å². The standard InChI is InChI=1S/C10H20N2OS/c1-3-9-4-6-12(8-9)10(14)11-5-7-13-2/h9H,3-8H2,1-2H3,(H,11,14). The van der Waals surface area contributed by atoms with Gasteiger partial charge in [0.2, 0.25) is 0 Å². The lowest BCUT2D eigenvalue weighted by atomic mass is 10.1. The Hall–Kier alpha value is -0.350. The fourth-order valence-electron chi connectivity index (χ4n) is 1.72. The lowest BCUT2D eigenvalue weighted by Gasteiger charge is -2.20. The van der Waals surface area contributed by atoms with Gasteiger partial charge in [0.15, 0.2) is 5.11 Å². The predicted molar refractivity (Wildman–Crippen MR) is 62.4 cm³/mol. The molecule has 1 aliphatic heterocycles. The largest absolute Gasteiger partial charge is 0.383 e. The zero-order valence-electron chi connectivity index (χ0n) is 9.08. The van der Waals surface area contributed by atoms with E-state index in [-0.39, 0.29) is 0 Å². The molecule has 4 heteroatoms. The molecule has 0 aromatic heterocycles. The number of likely N-dealkylation sites (tertiary alicyclic amines) is 1. The van der Waals surface area contributed by atoms with Crippen molar-refractivity contribution in [1.82, 2.24) is 10.2 Å². The van der Waals surface area contributed by atoms with E-state index >= 15 is 0 Å². The molecule has 0 radical (unpaired) electrons. The van der Waals surface area contributed by atoms with Crippen molar-refractivity contribution < 1.29 is 4.74 Å². The van der Waals surface area contributed by atoms with E-state index in [4.69, 9.17) is 17.0 Å². The number of ether oxygens (including phenoxy) is 1. The second-order valence-electron chi connectivity index (χ2n) is 3.73. The van der Waals surface area contributed by atoms with Gasteiger partial charge < -0.3 is 15.0 Å². The highest BCUT2D eigenvalue weighted by Gasteiger charge is 2.22. The summed E-state index contributed by atoms with van der Waals surface area (Å²) in [7, 11) is 1.70. The van der Waals surface area contributed by atoms with Gasteiger partial charge in [-0.3, -0.25) is 0 Å². The predicted octanol–water partition coefficient (Wildman–Crippen LogP) is 1.24. The summed E-state index contributed by atoms with van der Waals surface area (Å²) in [5.41, 5.74) is 0. The number of hydrogen-bond acceptors (Lipinski definition) is 2. The van der Waals surface area contributed by atoms with Crippen LogP contribution in [0, 0.1) is 5.92 Å². The summed E-state index contributed by atoms with van der Waals surface area (Å²) >= 11 is 5.29. The van der Waals surface area contributed by atoms with Crippen LogP contribution >= 0.6 is 12.2 Å². The molecule has 1 atom stereocenters. The van der Waals surface area contributed by atoms with Gasteiger partial charge in [0.05, 0.1) is 6.61 Å². The summed E-state index contributed by atoms with van der Waals surface area (Å²) in [6, 6.07) is 0. The average molecular weight is 216 g/mol. The van der Waals surface area contributed by atoms with Crippen molar-refractivity contribution in [3.63, 3.8) is 0 Å². The first-order chi connectivity index (χ1) is 6.77. The minimum absolute atomic E-state index is 0.713. The van der Waals surface area contributed by atoms with Crippen LogP contribution in [0.1, 0.15) is 19.8 Å². The molecule has 82 valence electrons. The van der Waals surface area contributed by atoms with E-state index in [1.807, 2.05) is 0 Å². The van der Waals surface area contributed by atoms with E-state index in [9.17, 15) is 0 Å². The molecule has 0 saturated carbocycles. The Morgan fingerprint density at radius 3 is 3.00 bits per heavy atom. The third kappa shape index (κ3) is 3.42. The van der Waals surface area contributed by atoms with E-state index in [1.165, 1.54) is 12.8 Å². The smallest absolute Gasteiger partial charge is 0.169 e. The maximum Gasteiger partial charge on any atom is 0.169 e. The van der Waals surface area contributed by atoms with Crippen LogP contribution in [0.4, 0.5) is 0 Å². The number of methoxy groups -OCH3 is 1. The Balaban J connectivity index is 2.18. The van der Waals surface area contributed by atoms with Crippen LogP contribution in [-0.4, -0.2) is 43.4 Å². The van der Waals surface area contributed by atoms with E-state index in [0.717, 1.165) is 30.7 Å². The first-order valence-electron chi connectivity index (χ1n) is 5.29. The van der Waals surface area contributed by atoms with Gasteiger partial charge in [-0.2, -0.15) is 0 Å². The van der Waals surface area contributed by atoms with Gasteiger partial charge in [-0.15, -0.1) is 0 Å². The Morgan fingerprint density at radius 2 is 2.43 bits per heavy atom. The third-order valence-corrected chi connectivity index (χ3v) is 3.14. The summed E-state index contributed by atoms with van der Waals surface area (Å²) < 4.78 is 4.96. The summed E-state index contributed by atoms with van der Waals surface area (Å²) in [5.74, 6) is 0.831. The van der Waals surface area contributed by atoms with Crippen molar-refractivity contribution in [3.8, 4) is 0 Å². The molecule has 1 rings (SSSR count). The first kappa shape index (κ1) is 11.7. The van der Waals surface area contributed by atoms with Crippen LogP contribution in [-0.2, 0) is 4.74 Å². The van der Waals surface area contributed by atoms with E-state index < -0.39 is 0 Å². The molecule has 0 aliphatic carbocycles. The summed E-state index contributed by atoms with van der Waals surface area (Å²) in [5, 5.41) is 4.09. The quantitative estimate of drug-likeness (QED) is 0.564. The molecule has 3 nitrogen and oxygen atoms in total.